The fourth-order valence-electron chi connectivity index (χ4n) is 2.16. The van der Waals surface area contributed by atoms with E-state index in [0.717, 1.165) is 12.0 Å². The topological polar surface area (TPSA) is 29.5 Å². The molecule has 0 radical (unpaired) electrons. The molecule has 0 saturated carbocycles. The Morgan fingerprint density at radius 1 is 1.25 bits per heavy atom. The van der Waals surface area contributed by atoms with E-state index < -0.39 is 17.6 Å². The molecule has 20 heavy (non-hydrogen) atoms. The van der Waals surface area contributed by atoms with Gasteiger partial charge in [-0.2, -0.15) is 0 Å². The minimum absolute atomic E-state index is 0.406. The number of hydrogen-bond donors (Lipinski definition) is 1. The second-order valence-electron chi connectivity index (χ2n) is 6.31. The van der Waals surface area contributed by atoms with Crippen molar-refractivity contribution in [1.29, 1.82) is 0 Å². The molecule has 0 aromatic heterocycles. The molecule has 2 nitrogen and oxygen atoms in total. The lowest BCUT2D eigenvalue weighted by Crippen LogP contribution is -2.41. The minimum Gasteiger partial charge on any atom is -0.392 e. The Labute approximate surface area is 123 Å². The fourth-order valence-corrected chi connectivity index (χ4v) is 2.16. The third-order valence-corrected chi connectivity index (χ3v) is 3.64. The largest absolute Gasteiger partial charge is 0.392 e. The SMILES string of the molecule is C#C[C@@H](OCc1ccccc1)C(C)(C)[C@H](O)CC(C)C. The predicted octanol–water partition coefficient (Wildman–Crippen LogP) is 3.64. The average Bonchev–Trinajstić information content (AvgIpc) is 2.39. The highest BCUT2D eigenvalue weighted by Crippen LogP contribution is 2.31. The Kier molecular flexibility index (Phi) is 6.26. The zero-order valence-corrected chi connectivity index (χ0v) is 13.0. The normalized spacial score (nSPS) is 14.8. The van der Waals surface area contributed by atoms with Crippen molar-refractivity contribution >= 4 is 0 Å². The Bertz CT molecular complexity index is 428. The number of aliphatic hydroxyl groups excluding tert-OH is 1. The first kappa shape index (κ1) is 16.8. The summed E-state index contributed by atoms with van der Waals surface area (Å²) in [4.78, 5) is 0. The van der Waals surface area contributed by atoms with Gasteiger partial charge in [0.25, 0.3) is 0 Å². The second kappa shape index (κ2) is 7.47. The average molecular weight is 274 g/mol. The predicted molar refractivity (Wildman–Crippen MR) is 83.1 cm³/mol. The zero-order valence-electron chi connectivity index (χ0n) is 13.0. The second-order valence-corrected chi connectivity index (χ2v) is 6.31. The van der Waals surface area contributed by atoms with Crippen molar-refractivity contribution in [3.8, 4) is 12.3 Å². The summed E-state index contributed by atoms with van der Waals surface area (Å²) >= 11 is 0. The first-order valence-electron chi connectivity index (χ1n) is 7.17. The summed E-state index contributed by atoms with van der Waals surface area (Å²) in [5.41, 5.74) is 0.621. The first-order chi connectivity index (χ1) is 9.37. The van der Waals surface area contributed by atoms with Crippen molar-refractivity contribution in [2.75, 3.05) is 0 Å². The van der Waals surface area contributed by atoms with Crippen LogP contribution in [0, 0.1) is 23.7 Å². The van der Waals surface area contributed by atoms with Crippen LogP contribution in [0.3, 0.4) is 0 Å². The Hall–Kier alpha value is -1.30. The molecule has 0 spiro atoms. The summed E-state index contributed by atoms with van der Waals surface area (Å²) in [5.74, 6) is 3.11. The van der Waals surface area contributed by atoms with Crippen LogP contribution in [0.25, 0.3) is 0 Å². The van der Waals surface area contributed by atoms with Gasteiger partial charge in [0, 0.05) is 5.41 Å². The lowest BCUT2D eigenvalue weighted by molar-refractivity contribution is -0.0697. The van der Waals surface area contributed by atoms with Crippen LogP contribution in [0.1, 0.15) is 39.7 Å². The molecule has 2 atom stereocenters. The van der Waals surface area contributed by atoms with Crippen molar-refractivity contribution in [2.45, 2.75) is 52.9 Å². The molecule has 1 N–H and O–H groups in total. The number of benzene rings is 1. The zero-order chi connectivity index (χ0) is 15.2. The Balaban J connectivity index is 2.67. The molecule has 1 rings (SSSR count). The molecule has 0 amide bonds. The number of aliphatic hydroxyl groups is 1. The monoisotopic (exact) mass is 274 g/mol. The van der Waals surface area contributed by atoms with Crippen LogP contribution in [0.4, 0.5) is 0 Å². The molecule has 0 aliphatic carbocycles. The van der Waals surface area contributed by atoms with E-state index in [1.54, 1.807) is 0 Å². The van der Waals surface area contributed by atoms with Crippen molar-refractivity contribution in [2.24, 2.45) is 11.3 Å². The van der Waals surface area contributed by atoms with Crippen LogP contribution in [0.5, 0.6) is 0 Å². The molecule has 0 heterocycles. The number of rotatable bonds is 7. The van der Waals surface area contributed by atoms with Gasteiger partial charge in [-0.15, -0.1) is 6.42 Å². The highest BCUT2D eigenvalue weighted by molar-refractivity contribution is 5.14. The molecule has 0 bridgehead atoms. The van der Waals surface area contributed by atoms with Gasteiger partial charge in [-0.1, -0.05) is 63.9 Å². The van der Waals surface area contributed by atoms with Gasteiger partial charge in [0.1, 0.15) is 6.10 Å². The van der Waals surface area contributed by atoms with E-state index in [9.17, 15) is 5.11 Å². The van der Waals surface area contributed by atoms with Gasteiger partial charge in [0.2, 0.25) is 0 Å². The highest BCUT2D eigenvalue weighted by Gasteiger charge is 2.36. The third kappa shape index (κ3) is 4.67. The van der Waals surface area contributed by atoms with Crippen LogP contribution < -0.4 is 0 Å². The molecular weight excluding hydrogens is 248 g/mol. The number of ether oxygens (including phenoxy) is 1. The van der Waals surface area contributed by atoms with Gasteiger partial charge in [-0.25, -0.2) is 0 Å². The molecule has 1 aromatic rings. The molecule has 0 aliphatic heterocycles. The van der Waals surface area contributed by atoms with E-state index in [1.165, 1.54) is 0 Å². The lowest BCUT2D eigenvalue weighted by Gasteiger charge is -2.36. The fraction of sp³-hybridized carbons (Fsp3) is 0.556. The van der Waals surface area contributed by atoms with Crippen LogP contribution in [-0.4, -0.2) is 17.3 Å². The molecular formula is C18H26O2. The number of hydrogen-bond acceptors (Lipinski definition) is 2. The Morgan fingerprint density at radius 3 is 2.35 bits per heavy atom. The summed E-state index contributed by atoms with van der Waals surface area (Å²) in [5, 5.41) is 10.4. The van der Waals surface area contributed by atoms with E-state index in [-0.39, 0.29) is 0 Å². The number of terminal acetylenes is 1. The van der Waals surface area contributed by atoms with E-state index in [1.807, 2.05) is 44.2 Å². The van der Waals surface area contributed by atoms with E-state index >= 15 is 0 Å². The van der Waals surface area contributed by atoms with Crippen molar-refractivity contribution < 1.29 is 9.84 Å². The first-order valence-corrected chi connectivity index (χ1v) is 7.17. The van der Waals surface area contributed by atoms with Crippen LogP contribution in [-0.2, 0) is 11.3 Å². The van der Waals surface area contributed by atoms with E-state index in [0.29, 0.717) is 12.5 Å². The van der Waals surface area contributed by atoms with Gasteiger partial charge in [-0.3, -0.25) is 0 Å². The van der Waals surface area contributed by atoms with Gasteiger partial charge < -0.3 is 9.84 Å². The van der Waals surface area contributed by atoms with Crippen LogP contribution in [0.15, 0.2) is 30.3 Å². The van der Waals surface area contributed by atoms with Crippen molar-refractivity contribution in [1.82, 2.24) is 0 Å². The van der Waals surface area contributed by atoms with Crippen molar-refractivity contribution in [3.63, 3.8) is 0 Å². The quantitative estimate of drug-likeness (QED) is 0.769. The maximum Gasteiger partial charge on any atom is 0.125 e. The van der Waals surface area contributed by atoms with Gasteiger partial charge in [0.15, 0.2) is 0 Å². The van der Waals surface area contributed by atoms with Crippen molar-refractivity contribution in [3.05, 3.63) is 35.9 Å². The summed E-state index contributed by atoms with van der Waals surface area (Å²) in [7, 11) is 0. The van der Waals surface area contributed by atoms with Gasteiger partial charge in [0.05, 0.1) is 12.7 Å². The molecule has 0 fully saturated rings. The van der Waals surface area contributed by atoms with Crippen LogP contribution >= 0.6 is 0 Å². The molecule has 2 heteroatoms. The molecule has 1 aromatic carbocycles. The maximum atomic E-state index is 10.4. The van der Waals surface area contributed by atoms with Crippen LogP contribution in [0.2, 0.25) is 0 Å². The van der Waals surface area contributed by atoms with E-state index in [2.05, 4.69) is 19.8 Å². The summed E-state index contributed by atoms with van der Waals surface area (Å²) < 4.78 is 5.85. The van der Waals surface area contributed by atoms with E-state index in [4.69, 9.17) is 11.2 Å². The Morgan fingerprint density at radius 2 is 1.85 bits per heavy atom. The smallest absolute Gasteiger partial charge is 0.125 e. The molecule has 0 unspecified atom stereocenters. The summed E-state index contributed by atoms with van der Waals surface area (Å²) in [6.45, 7) is 8.59. The maximum absolute atomic E-state index is 10.4. The van der Waals surface area contributed by atoms with Gasteiger partial charge >= 0.3 is 0 Å². The summed E-state index contributed by atoms with van der Waals surface area (Å²) in [6.07, 6.45) is 5.45. The lowest BCUT2D eigenvalue weighted by atomic mass is 9.77. The highest BCUT2D eigenvalue weighted by atomic mass is 16.5. The molecule has 0 aliphatic rings. The summed E-state index contributed by atoms with van der Waals surface area (Å²) in [6, 6.07) is 9.93. The van der Waals surface area contributed by atoms with Gasteiger partial charge in [-0.05, 0) is 17.9 Å². The molecule has 0 saturated heterocycles. The molecule has 110 valence electrons. The third-order valence-electron chi connectivity index (χ3n) is 3.64. The standard InChI is InChI=1S/C18H26O2/c1-6-17(18(4,5)16(19)12-14(2)3)20-13-15-10-8-7-9-11-15/h1,7-11,14,16-17,19H,12-13H2,2-5H3/t16-,17-/m1/s1. The minimum atomic E-state index is -0.473.